The number of rotatable bonds is 7. The Morgan fingerprint density at radius 1 is 1.03 bits per heavy atom. The van der Waals surface area contributed by atoms with Crippen molar-refractivity contribution in [3.8, 4) is 11.1 Å². The van der Waals surface area contributed by atoms with E-state index in [0.717, 1.165) is 53.1 Å². The summed E-state index contributed by atoms with van der Waals surface area (Å²) in [5.41, 5.74) is 7.71. The smallest absolute Gasteiger partial charge is 0.338 e. The lowest BCUT2D eigenvalue weighted by molar-refractivity contribution is 0.0601. The average Bonchev–Trinajstić information content (AvgIpc) is 3.15. The minimum atomic E-state index is -0.327. The van der Waals surface area contributed by atoms with Crippen LogP contribution in [-0.2, 0) is 17.7 Å². The van der Waals surface area contributed by atoms with E-state index in [1.165, 1.54) is 18.2 Å². The van der Waals surface area contributed by atoms with Crippen molar-refractivity contribution in [1.29, 1.82) is 0 Å². The summed E-state index contributed by atoms with van der Waals surface area (Å²) in [6, 6.07) is 18.0. The molecule has 2 aromatic heterocycles. The van der Waals surface area contributed by atoms with Crippen molar-refractivity contribution >= 4 is 17.1 Å². The van der Waals surface area contributed by atoms with Crippen LogP contribution in [0.4, 0.5) is 0 Å². The predicted molar refractivity (Wildman–Crippen MR) is 128 cm³/mol. The van der Waals surface area contributed by atoms with Crippen LogP contribution in [0, 0.1) is 13.8 Å². The molecular formula is C27H29N3O2. The van der Waals surface area contributed by atoms with Gasteiger partial charge in [-0.25, -0.2) is 14.8 Å². The molecule has 4 rings (SSSR count). The molecule has 0 radical (unpaired) electrons. The summed E-state index contributed by atoms with van der Waals surface area (Å²) in [7, 11) is 1.41. The van der Waals surface area contributed by atoms with Crippen LogP contribution in [-0.4, -0.2) is 27.6 Å². The molecule has 0 atom stereocenters. The number of ether oxygens (including phenoxy) is 1. The number of unbranched alkanes of at least 4 members (excludes halogenated alkanes) is 1. The Morgan fingerprint density at radius 3 is 2.50 bits per heavy atom. The van der Waals surface area contributed by atoms with E-state index in [9.17, 15) is 4.79 Å². The summed E-state index contributed by atoms with van der Waals surface area (Å²) < 4.78 is 7.19. The number of aromatic nitrogens is 3. The number of carbonyl (C=O) groups excluding carboxylic acids is 1. The molecule has 0 saturated carbocycles. The monoisotopic (exact) mass is 427 g/mol. The molecule has 0 saturated heterocycles. The fraction of sp³-hybridized carbons (Fsp3) is 0.296. The van der Waals surface area contributed by atoms with Gasteiger partial charge in [0.25, 0.3) is 0 Å². The first-order valence-corrected chi connectivity index (χ1v) is 11.1. The Hall–Kier alpha value is -3.47. The molecule has 0 aliphatic heterocycles. The van der Waals surface area contributed by atoms with Crippen molar-refractivity contribution in [2.24, 2.45) is 0 Å². The molecule has 0 aliphatic carbocycles. The zero-order chi connectivity index (χ0) is 22.7. The minimum Gasteiger partial charge on any atom is -0.465 e. The van der Waals surface area contributed by atoms with Crippen LogP contribution in [0.25, 0.3) is 22.3 Å². The molecular weight excluding hydrogens is 398 g/mol. The van der Waals surface area contributed by atoms with E-state index in [1.54, 1.807) is 6.07 Å². The van der Waals surface area contributed by atoms with Gasteiger partial charge in [0.05, 0.1) is 19.2 Å². The maximum atomic E-state index is 12.1. The summed E-state index contributed by atoms with van der Waals surface area (Å²) in [6.45, 7) is 7.05. The van der Waals surface area contributed by atoms with Gasteiger partial charge in [0.15, 0.2) is 5.65 Å². The number of carbonyl (C=O) groups is 1. The van der Waals surface area contributed by atoms with Crippen molar-refractivity contribution in [3.63, 3.8) is 0 Å². The van der Waals surface area contributed by atoms with Gasteiger partial charge in [0.2, 0.25) is 0 Å². The molecule has 0 fully saturated rings. The first-order chi connectivity index (χ1) is 15.5. The van der Waals surface area contributed by atoms with Crippen molar-refractivity contribution in [1.82, 2.24) is 14.5 Å². The molecule has 32 heavy (non-hydrogen) atoms. The number of hydrogen-bond acceptors (Lipinski definition) is 4. The third kappa shape index (κ3) is 4.28. The number of nitrogens with zero attached hydrogens (tertiary/aromatic N) is 3. The van der Waals surface area contributed by atoms with E-state index < -0.39 is 0 Å². The van der Waals surface area contributed by atoms with Gasteiger partial charge in [-0.05, 0) is 54.7 Å². The molecule has 164 valence electrons. The van der Waals surface area contributed by atoms with E-state index in [-0.39, 0.29) is 5.97 Å². The maximum absolute atomic E-state index is 12.1. The lowest BCUT2D eigenvalue weighted by atomic mass is 9.98. The normalized spacial score (nSPS) is 11.1. The molecule has 0 unspecified atom stereocenters. The van der Waals surface area contributed by atoms with Gasteiger partial charge in [-0.2, -0.15) is 0 Å². The first-order valence-electron chi connectivity index (χ1n) is 11.1. The van der Waals surface area contributed by atoms with Gasteiger partial charge in [-0.15, -0.1) is 0 Å². The number of pyridine rings is 1. The van der Waals surface area contributed by atoms with Gasteiger partial charge in [-0.1, -0.05) is 55.8 Å². The van der Waals surface area contributed by atoms with Crippen molar-refractivity contribution < 1.29 is 9.53 Å². The van der Waals surface area contributed by atoms with Crippen LogP contribution in [0.3, 0.4) is 0 Å². The Labute approximate surface area is 189 Å². The number of benzene rings is 2. The third-order valence-corrected chi connectivity index (χ3v) is 5.79. The Balaban J connectivity index is 1.69. The molecule has 0 N–H and O–H groups in total. The van der Waals surface area contributed by atoms with Crippen molar-refractivity contribution in [3.05, 3.63) is 82.8 Å². The van der Waals surface area contributed by atoms with Crippen LogP contribution >= 0.6 is 0 Å². The van der Waals surface area contributed by atoms with Crippen LogP contribution in [0.1, 0.15) is 52.8 Å². The fourth-order valence-electron chi connectivity index (χ4n) is 4.14. The molecule has 5 nitrogen and oxygen atoms in total. The minimum absolute atomic E-state index is 0.327. The largest absolute Gasteiger partial charge is 0.465 e. The summed E-state index contributed by atoms with van der Waals surface area (Å²) >= 11 is 0. The standard InChI is InChI=1S/C27H29N3O2/c1-5-6-11-24-29-25-18(2)16-19(3)28-26(25)30(24)17-20-12-14-21(15-13-20)22-9-7-8-10-23(22)27(31)32-4/h7-10,12-16H,5-6,11,17H2,1-4H3. The highest BCUT2D eigenvalue weighted by atomic mass is 16.5. The third-order valence-electron chi connectivity index (χ3n) is 5.79. The second kappa shape index (κ2) is 9.35. The van der Waals surface area contributed by atoms with Gasteiger partial charge in [0.1, 0.15) is 11.3 Å². The molecule has 0 amide bonds. The molecule has 4 aromatic rings. The topological polar surface area (TPSA) is 57.0 Å². The van der Waals surface area contributed by atoms with Gasteiger partial charge < -0.3 is 9.30 Å². The van der Waals surface area contributed by atoms with Crippen LogP contribution in [0.15, 0.2) is 54.6 Å². The average molecular weight is 428 g/mol. The summed E-state index contributed by atoms with van der Waals surface area (Å²) in [5.74, 6) is 0.759. The number of esters is 1. The highest BCUT2D eigenvalue weighted by molar-refractivity contribution is 5.97. The highest BCUT2D eigenvalue weighted by Crippen LogP contribution is 2.26. The molecule has 2 heterocycles. The molecule has 0 bridgehead atoms. The lowest BCUT2D eigenvalue weighted by Crippen LogP contribution is -2.07. The Morgan fingerprint density at radius 2 is 1.78 bits per heavy atom. The molecule has 2 aromatic carbocycles. The number of imidazole rings is 1. The number of fused-ring (bicyclic) bond motifs is 1. The van der Waals surface area contributed by atoms with Gasteiger partial charge >= 0.3 is 5.97 Å². The summed E-state index contributed by atoms with van der Waals surface area (Å²) in [6.07, 6.45) is 3.17. The van der Waals surface area contributed by atoms with E-state index in [0.29, 0.717) is 12.1 Å². The molecule has 0 spiro atoms. The van der Waals surface area contributed by atoms with Crippen LogP contribution in [0.2, 0.25) is 0 Å². The van der Waals surface area contributed by atoms with Crippen molar-refractivity contribution in [2.45, 2.75) is 46.6 Å². The van der Waals surface area contributed by atoms with Gasteiger partial charge in [-0.3, -0.25) is 0 Å². The second-order valence-corrected chi connectivity index (χ2v) is 8.20. The quantitative estimate of drug-likeness (QED) is 0.345. The highest BCUT2D eigenvalue weighted by Gasteiger charge is 2.16. The lowest BCUT2D eigenvalue weighted by Gasteiger charge is -2.11. The van der Waals surface area contributed by atoms with Crippen LogP contribution < -0.4 is 0 Å². The second-order valence-electron chi connectivity index (χ2n) is 8.20. The van der Waals surface area contributed by atoms with Crippen molar-refractivity contribution in [2.75, 3.05) is 7.11 Å². The molecule has 0 aliphatic rings. The van der Waals surface area contributed by atoms with E-state index >= 15 is 0 Å². The van der Waals surface area contributed by atoms with E-state index in [4.69, 9.17) is 14.7 Å². The summed E-state index contributed by atoms with van der Waals surface area (Å²) in [5, 5.41) is 0. The van der Waals surface area contributed by atoms with Crippen LogP contribution in [0.5, 0.6) is 0 Å². The number of aryl methyl sites for hydroxylation is 3. The zero-order valence-electron chi connectivity index (χ0n) is 19.2. The van der Waals surface area contributed by atoms with Gasteiger partial charge in [0, 0.05) is 12.1 Å². The maximum Gasteiger partial charge on any atom is 0.338 e. The summed E-state index contributed by atoms with van der Waals surface area (Å²) in [4.78, 5) is 21.9. The predicted octanol–water partition coefficient (Wildman–Crippen LogP) is 5.89. The Kier molecular flexibility index (Phi) is 6.35. The first kappa shape index (κ1) is 21.8. The number of hydrogen-bond donors (Lipinski definition) is 0. The fourth-order valence-corrected chi connectivity index (χ4v) is 4.14. The molecule has 5 heteroatoms. The van der Waals surface area contributed by atoms with E-state index in [2.05, 4.69) is 48.7 Å². The number of methoxy groups -OCH3 is 1. The SMILES string of the molecule is CCCCc1nc2c(C)cc(C)nc2n1Cc1ccc(-c2ccccc2C(=O)OC)cc1. The van der Waals surface area contributed by atoms with E-state index in [1.807, 2.05) is 25.1 Å². The Bertz CT molecular complexity index is 1260. The zero-order valence-corrected chi connectivity index (χ0v) is 19.2.